The summed E-state index contributed by atoms with van der Waals surface area (Å²) in [6.45, 7) is 4.73. The van der Waals surface area contributed by atoms with Crippen molar-refractivity contribution < 1.29 is 0 Å². The lowest BCUT2D eigenvalue weighted by Crippen LogP contribution is -2.51. The van der Waals surface area contributed by atoms with Crippen molar-refractivity contribution in [2.75, 3.05) is 0 Å². The summed E-state index contributed by atoms with van der Waals surface area (Å²) in [5, 5.41) is 0. The van der Waals surface area contributed by atoms with Gasteiger partial charge in [0, 0.05) is 5.54 Å². The summed E-state index contributed by atoms with van der Waals surface area (Å²) in [4.78, 5) is 0. The Morgan fingerprint density at radius 3 is 2.38 bits per heavy atom. The predicted octanol–water partition coefficient (Wildman–Crippen LogP) is 4.11. The summed E-state index contributed by atoms with van der Waals surface area (Å²) < 4.78 is 0. The van der Waals surface area contributed by atoms with Crippen molar-refractivity contribution in [1.29, 1.82) is 0 Å². The SMILES string of the molecule is CCC1CCC(C2(N)CCCC(C)C2)CC1. The van der Waals surface area contributed by atoms with Crippen LogP contribution in [0.15, 0.2) is 0 Å². The fourth-order valence-electron chi connectivity index (χ4n) is 4.15. The second-order valence-corrected chi connectivity index (χ2v) is 6.56. The van der Waals surface area contributed by atoms with Crippen molar-refractivity contribution in [3.63, 3.8) is 0 Å². The molecule has 2 atom stereocenters. The van der Waals surface area contributed by atoms with Crippen molar-refractivity contribution in [3.8, 4) is 0 Å². The number of nitrogens with two attached hydrogens (primary N) is 1. The van der Waals surface area contributed by atoms with Crippen LogP contribution in [0.4, 0.5) is 0 Å². The largest absolute Gasteiger partial charge is 0.325 e. The molecule has 0 aromatic heterocycles. The highest BCUT2D eigenvalue weighted by Gasteiger charge is 2.39. The van der Waals surface area contributed by atoms with Crippen molar-refractivity contribution in [2.45, 2.75) is 77.2 Å². The van der Waals surface area contributed by atoms with Gasteiger partial charge in [-0.25, -0.2) is 0 Å². The molecule has 2 rings (SSSR count). The Hall–Kier alpha value is -0.0400. The van der Waals surface area contributed by atoms with Crippen LogP contribution in [0, 0.1) is 17.8 Å². The first-order valence-electron chi connectivity index (χ1n) is 7.43. The Labute approximate surface area is 101 Å². The molecular formula is C15H29N. The lowest BCUT2D eigenvalue weighted by atomic mass is 9.64. The van der Waals surface area contributed by atoms with E-state index < -0.39 is 0 Å². The Morgan fingerprint density at radius 1 is 1.12 bits per heavy atom. The molecule has 0 saturated heterocycles. The molecule has 0 radical (unpaired) electrons. The highest BCUT2D eigenvalue weighted by molar-refractivity contribution is 4.96. The summed E-state index contributed by atoms with van der Waals surface area (Å²) >= 11 is 0. The van der Waals surface area contributed by atoms with E-state index in [9.17, 15) is 0 Å². The highest BCUT2D eigenvalue weighted by Crippen LogP contribution is 2.43. The van der Waals surface area contributed by atoms with Crippen molar-refractivity contribution in [1.82, 2.24) is 0 Å². The van der Waals surface area contributed by atoms with E-state index in [1.54, 1.807) is 0 Å². The summed E-state index contributed by atoms with van der Waals surface area (Å²) in [5.74, 6) is 2.70. The van der Waals surface area contributed by atoms with Gasteiger partial charge in [-0.3, -0.25) is 0 Å². The lowest BCUT2D eigenvalue weighted by Gasteiger charge is -2.45. The van der Waals surface area contributed by atoms with Gasteiger partial charge in [0.15, 0.2) is 0 Å². The van der Waals surface area contributed by atoms with Gasteiger partial charge in [0.2, 0.25) is 0 Å². The molecule has 1 nitrogen and oxygen atoms in total. The van der Waals surface area contributed by atoms with E-state index in [1.807, 2.05) is 0 Å². The van der Waals surface area contributed by atoms with Gasteiger partial charge in [-0.05, 0) is 43.4 Å². The Kier molecular flexibility index (Phi) is 3.94. The van der Waals surface area contributed by atoms with Crippen LogP contribution in [-0.4, -0.2) is 5.54 Å². The zero-order chi connectivity index (χ0) is 11.6. The second kappa shape index (κ2) is 5.08. The molecule has 2 fully saturated rings. The molecule has 1 heteroatoms. The van der Waals surface area contributed by atoms with Gasteiger partial charge >= 0.3 is 0 Å². The number of hydrogen-bond acceptors (Lipinski definition) is 1. The van der Waals surface area contributed by atoms with E-state index in [2.05, 4.69) is 13.8 Å². The van der Waals surface area contributed by atoms with Crippen molar-refractivity contribution in [3.05, 3.63) is 0 Å². The molecule has 0 aromatic rings. The third kappa shape index (κ3) is 2.61. The monoisotopic (exact) mass is 223 g/mol. The average Bonchev–Trinajstić information content (AvgIpc) is 2.29. The van der Waals surface area contributed by atoms with Gasteiger partial charge in [-0.2, -0.15) is 0 Å². The molecule has 0 aliphatic heterocycles. The summed E-state index contributed by atoms with van der Waals surface area (Å²) in [7, 11) is 0. The van der Waals surface area contributed by atoms with E-state index in [-0.39, 0.29) is 5.54 Å². The van der Waals surface area contributed by atoms with E-state index >= 15 is 0 Å². The molecule has 2 saturated carbocycles. The maximum atomic E-state index is 6.71. The molecule has 2 unspecified atom stereocenters. The molecule has 0 bridgehead atoms. The first-order chi connectivity index (χ1) is 7.64. The average molecular weight is 223 g/mol. The third-order valence-electron chi connectivity index (χ3n) is 5.30. The van der Waals surface area contributed by atoms with Crippen LogP contribution in [0.1, 0.15) is 71.6 Å². The Bertz CT molecular complexity index is 217. The molecule has 2 N–H and O–H groups in total. The fourth-order valence-corrected chi connectivity index (χ4v) is 4.15. The van der Waals surface area contributed by atoms with Crippen LogP contribution in [-0.2, 0) is 0 Å². The van der Waals surface area contributed by atoms with Gasteiger partial charge in [0.1, 0.15) is 0 Å². The van der Waals surface area contributed by atoms with E-state index in [0.29, 0.717) is 0 Å². The standard InChI is InChI=1S/C15H29N/c1-3-13-6-8-14(9-7-13)15(16)10-4-5-12(2)11-15/h12-14H,3-11,16H2,1-2H3. The topological polar surface area (TPSA) is 26.0 Å². The number of hydrogen-bond donors (Lipinski definition) is 1. The predicted molar refractivity (Wildman–Crippen MR) is 70.3 cm³/mol. The highest BCUT2D eigenvalue weighted by atomic mass is 14.8. The molecule has 94 valence electrons. The van der Waals surface area contributed by atoms with E-state index in [4.69, 9.17) is 5.73 Å². The number of rotatable bonds is 2. The quantitative estimate of drug-likeness (QED) is 0.749. The van der Waals surface area contributed by atoms with Crippen molar-refractivity contribution >= 4 is 0 Å². The maximum absolute atomic E-state index is 6.71. The van der Waals surface area contributed by atoms with E-state index in [0.717, 1.165) is 17.8 Å². The summed E-state index contributed by atoms with van der Waals surface area (Å²) in [6, 6.07) is 0. The summed E-state index contributed by atoms with van der Waals surface area (Å²) in [6.07, 6.45) is 12.4. The molecule has 0 aromatic carbocycles. The minimum Gasteiger partial charge on any atom is -0.325 e. The lowest BCUT2D eigenvalue weighted by molar-refractivity contribution is 0.111. The first kappa shape index (κ1) is 12.4. The molecule has 0 spiro atoms. The molecule has 2 aliphatic rings. The van der Waals surface area contributed by atoms with Crippen LogP contribution in [0.3, 0.4) is 0 Å². The van der Waals surface area contributed by atoms with Crippen LogP contribution in [0.2, 0.25) is 0 Å². The van der Waals surface area contributed by atoms with Gasteiger partial charge in [0.25, 0.3) is 0 Å². The Balaban J connectivity index is 1.91. The van der Waals surface area contributed by atoms with Gasteiger partial charge in [-0.1, -0.05) is 46.0 Å². The van der Waals surface area contributed by atoms with E-state index in [1.165, 1.54) is 57.8 Å². The zero-order valence-corrected chi connectivity index (χ0v) is 11.2. The molecule has 16 heavy (non-hydrogen) atoms. The van der Waals surface area contributed by atoms with Crippen molar-refractivity contribution in [2.24, 2.45) is 23.5 Å². The van der Waals surface area contributed by atoms with Crippen LogP contribution < -0.4 is 5.73 Å². The minimum atomic E-state index is 0.205. The molecular weight excluding hydrogens is 194 g/mol. The first-order valence-corrected chi connectivity index (χ1v) is 7.43. The minimum absolute atomic E-state index is 0.205. The molecule has 0 heterocycles. The fraction of sp³-hybridized carbons (Fsp3) is 1.00. The molecule has 2 aliphatic carbocycles. The van der Waals surface area contributed by atoms with Gasteiger partial charge in [0.05, 0.1) is 0 Å². The Morgan fingerprint density at radius 2 is 1.81 bits per heavy atom. The van der Waals surface area contributed by atoms with Gasteiger partial charge in [-0.15, -0.1) is 0 Å². The third-order valence-corrected chi connectivity index (χ3v) is 5.30. The molecule has 0 amide bonds. The van der Waals surface area contributed by atoms with Crippen LogP contribution >= 0.6 is 0 Å². The second-order valence-electron chi connectivity index (χ2n) is 6.56. The summed E-state index contributed by atoms with van der Waals surface area (Å²) in [5.41, 5.74) is 6.92. The smallest absolute Gasteiger partial charge is 0.0185 e. The zero-order valence-electron chi connectivity index (χ0n) is 11.2. The van der Waals surface area contributed by atoms with Crippen LogP contribution in [0.25, 0.3) is 0 Å². The maximum Gasteiger partial charge on any atom is 0.0185 e. The normalized spacial score (nSPS) is 45.6. The van der Waals surface area contributed by atoms with Crippen LogP contribution in [0.5, 0.6) is 0 Å². The van der Waals surface area contributed by atoms with Gasteiger partial charge < -0.3 is 5.73 Å².